The zero-order chi connectivity index (χ0) is 16.7. The number of ketones is 1. The third-order valence-electron chi connectivity index (χ3n) is 3.23. The Hall–Kier alpha value is -3.06. The van der Waals surface area contributed by atoms with Gasteiger partial charge in [-0.15, -0.1) is 0 Å². The van der Waals surface area contributed by atoms with Crippen molar-refractivity contribution < 1.29 is 14.3 Å². The van der Waals surface area contributed by atoms with Crippen molar-refractivity contribution in [3.8, 4) is 17.6 Å². The second kappa shape index (κ2) is 7.81. The summed E-state index contributed by atoms with van der Waals surface area (Å²) in [5.74, 6) is 1.10. The molecule has 116 valence electrons. The van der Waals surface area contributed by atoms with Crippen molar-refractivity contribution in [2.75, 3.05) is 13.7 Å². The zero-order valence-corrected chi connectivity index (χ0v) is 13.1. The van der Waals surface area contributed by atoms with Crippen LogP contribution < -0.4 is 9.47 Å². The van der Waals surface area contributed by atoms with Crippen LogP contribution in [0, 0.1) is 11.3 Å². The lowest BCUT2D eigenvalue weighted by atomic mass is 10.1. The predicted molar refractivity (Wildman–Crippen MR) is 88.7 cm³/mol. The van der Waals surface area contributed by atoms with Crippen LogP contribution >= 0.6 is 0 Å². The first-order valence-corrected chi connectivity index (χ1v) is 7.22. The predicted octanol–water partition coefficient (Wildman–Crippen LogP) is 3.86. The van der Waals surface area contributed by atoms with E-state index >= 15 is 0 Å². The summed E-state index contributed by atoms with van der Waals surface area (Å²) in [4.78, 5) is 12.2. The van der Waals surface area contributed by atoms with E-state index in [0.29, 0.717) is 29.2 Å². The van der Waals surface area contributed by atoms with Gasteiger partial charge in [-0.3, -0.25) is 4.79 Å². The number of benzene rings is 2. The van der Waals surface area contributed by atoms with Gasteiger partial charge in [0.05, 0.1) is 25.3 Å². The van der Waals surface area contributed by atoms with Crippen molar-refractivity contribution in [3.63, 3.8) is 0 Å². The summed E-state index contributed by atoms with van der Waals surface area (Å²) in [5, 5.41) is 8.77. The van der Waals surface area contributed by atoms with E-state index in [0.717, 1.165) is 5.56 Å². The largest absolute Gasteiger partial charge is 0.492 e. The molecule has 0 aliphatic carbocycles. The van der Waals surface area contributed by atoms with Gasteiger partial charge in [0.25, 0.3) is 0 Å². The number of nitrogens with zero attached hydrogens (tertiary/aromatic N) is 1. The van der Waals surface area contributed by atoms with Crippen molar-refractivity contribution in [2.45, 2.75) is 6.92 Å². The molecule has 0 fully saturated rings. The summed E-state index contributed by atoms with van der Waals surface area (Å²) in [6.45, 7) is 2.43. The lowest BCUT2D eigenvalue weighted by Crippen LogP contribution is -1.97. The number of ether oxygens (including phenoxy) is 2. The fraction of sp³-hybridized carbons (Fsp3) is 0.158. The summed E-state index contributed by atoms with van der Waals surface area (Å²) >= 11 is 0. The monoisotopic (exact) mass is 307 g/mol. The van der Waals surface area contributed by atoms with E-state index in [2.05, 4.69) is 0 Å². The standard InChI is InChI=1S/C19H17NO3/c1-3-23-18-6-4-5-16(19(18)22-2)11-12-17(21)15-9-7-14(13-20)8-10-15/h4-12H,3H2,1-2H3/b12-11+. The molecule has 4 heteroatoms. The molecule has 0 atom stereocenters. The molecule has 23 heavy (non-hydrogen) atoms. The molecule has 2 rings (SSSR count). The summed E-state index contributed by atoms with van der Waals surface area (Å²) < 4.78 is 10.9. The second-order valence-electron chi connectivity index (χ2n) is 4.70. The Balaban J connectivity index is 2.23. The van der Waals surface area contributed by atoms with Crippen LogP contribution in [0.5, 0.6) is 11.5 Å². The molecule has 0 N–H and O–H groups in total. The van der Waals surface area contributed by atoms with Crippen molar-refractivity contribution in [1.29, 1.82) is 5.26 Å². The number of rotatable bonds is 6. The number of nitriles is 1. The number of allylic oxidation sites excluding steroid dienone is 1. The number of carbonyl (C=O) groups is 1. The molecule has 0 saturated carbocycles. The van der Waals surface area contributed by atoms with Gasteiger partial charge in [0.1, 0.15) is 0 Å². The molecular weight excluding hydrogens is 290 g/mol. The number of methoxy groups -OCH3 is 1. The van der Waals surface area contributed by atoms with Crippen molar-refractivity contribution in [3.05, 3.63) is 65.2 Å². The first-order valence-electron chi connectivity index (χ1n) is 7.22. The van der Waals surface area contributed by atoms with Gasteiger partial charge >= 0.3 is 0 Å². The number of carbonyl (C=O) groups excluding carboxylic acids is 1. The highest BCUT2D eigenvalue weighted by molar-refractivity contribution is 6.07. The minimum absolute atomic E-state index is 0.140. The van der Waals surface area contributed by atoms with Crippen LogP contribution in [0.4, 0.5) is 0 Å². The maximum atomic E-state index is 12.2. The maximum Gasteiger partial charge on any atom is 0.185 e. The molecular formula is C19H17NO3. The molecule has 0 amide bonds. The Morgan fingerprint density at radius 1 is 1.22 bits per heavy atom. The average Bonchev–Trinajstić information content (AvgIpc) is 2.60. The van der Waals surface area contributed by atoms with Crippen LogP contribution in [0.1, 0.15) is 28.4 Å². The summed E-state index contributed by atoms with van der Waals surface area (Å²) in [5.41, 5.74) is 1.82. The van der Waals surface area contributed by atoms with Gasteiger partial charge in [0, 0.05) is 11.1 Å². The van der Waals surface area contributed by atoms with Gasteiger partial charge in [0.15, 0.2) is 17.3 Å². The van der Waals surface area contributed by atoms with Gasteiger partial charge in [-0.25, -0.2) is 0 Å². The van der Waals surface area contributed by atoms with E-state index in [-0.39, 0.29) is 5.78 Å². The molecule has 0 aliphatic rings. The summed E-state index contributed by atoms with van der Waals surface area (Å²) in [7, 11) is 1.57. The fourth-order valence-electron chi connectivity index (χ4n) is 2.12. The summed E-state index contributed by atoms with van der Waals surface area (Å²) in [6, 6.07) is 14.1. The fourth-order valence-corrected chi connectivity index (χ4v) is 2.12. The number of hydrogen-bond donors (Lipinski definition) is 0. The molecule has 0 aromatic heterocycles. The molecule has 0 saturated heterocycles. The molecule has 0 unspecified atom stereocenters. The quantitative estimate of drug-likeness (QED) is 0.600. The number of hydrogen-bond acceptors (Lipinski definition) is 4. The van der Waals surface area contributed by atoms with E-state index in [1.54, 1.807) is 37.5 Å². The van der Waals surface area contributed by atoms with Gasteiger partial charge in [-0.1, -0.05) is 12.1 Å². The minimum atomic E-state index is -0.140. The van der Waals surface area contributed by atoms with Crippen LogP contribution in [0.25, 0.3) is 6.08 Å². The van der Waals surface area contributed by atoms with Crippen LogP contribution in [-0.4, -0.2) is 19.5 Å². The third kappa shape index (κ3) is 3.98. The summed E-state index contributed by atoms with van der Waals surface area (Å²) in [6.07, 6.45) is 3.18. The second-order valence-corrected chi connectivity index (χ2v) is 4.70. The minimum Gasteiger partial charge on any atom is -0.492 e. The van der Waals surface area contributed by atoms with E-state index in [4.69, 9.17) is 14.7 Å². The topological polar surface area (TPSA) is 59.3 Å². The van der Waals surface area contributed by atoms with Crippen LogP contribution in [0.15, 0.2) is 48.5 Å². The normalized spacial score (nSPS) is 10.3. The van der Waals surface area contributed by atoms with E-state index in [1.807, 2.05) is 31.2 Å². The highest BCUT2D eigenvalue weighted by Gasteiger charge is 2.08. The first kappa shape index (κ1) is 16.3. The Kier molecular flexibility index (Phi) is 5.54. The molecule has 0 bridgehead atoms. The van der Waals surface area contributed by atoms with E-state index in [9.17, 15) is 4.79 Å². The lowest BCUT2D eigenvalue weighted by molar-refractivity contribution is 0.104. The van der Waals surface area contributed by atoms with Gasteiger partial charge in [0.2, 0.25) is 0 Å². The maximum absolute atomic E-state index is 12.2. The Labute approximate surface area is 135 Å². The first-order chi connectivity index (χ1) is 11.2. The smallest absolute Gasteiger partial charge is 0.185 e. The molecule has 0 aliphatic heterocycles. The third-order valence-corrected chi connectivity index (χ3v) is 3.23. The van der Waals surface area contributed by atoms with Gasteiger partial charge in [-0.05, 0) is 49.4 Å². The van der Waals surface area contributed by atoms with Crippen LogP contribution in [-0.2, 0) is 0 Å². The van der Waals surface area contributed by atoms with Crippen LogP contribution in [0.2, 0.25) is 0 Å². The highest BCUT2D eigenvalue weighted by atomic mass is 16.5. The van der Waals surface area contributed by atoms with Gasteiger partial charge in [-0.2, -0.15) is 5.26 Å². The van der Waals surface area contributed by atoms with Crippen molar-refractivity contribution >= 4 is 11.9 Å². The van der Waals surface area contributed by atoms with E-state index in [1.165, 1.54) is 6.08 Å². The van der Waals surface area contributed by atoms with Crippen molar-refractivity contribution in [1.82, 2.24) is 0 Å². The average molecular weight is 307 g/mol. The number of para-hydroxylation sites is 1. The SMILES string of the molecule is CCOc1cccc(/C=C/C(=O)c2ccc(C#N)cc2)c1OC. The molecule has 2 aromatic rings. The van der Waals surface area contributed by atoms with Crippen molar-refractivity contribution in [2.24, 2.45) is 0 Å². The molecule has 0 spiro atoms. The zero-order valence-electron chi connectivity index (χ0n) is 13.1. The Morgan fingerprint density at radius 3 is 2.57 bits per heavy atom. The molecule has 4 nitrogen and oxygen atoms in total. The Bertz CT molecular complexity index is 755. The molecule has 0 heterocycles. The van der Waals surface area contributed by atoms with Crippen LogP contribution in [0.3, 0.4) is 0 Å². The van der Waals surface area contributed by atoms with E-state index < -0.39 is 0 Å². The molecule has 0 radical (unpaired) electrons. The highest BCUT2D eigenvalue weighted by Crippen LogP contribution is 2.31. The Morgan fingerprint density at radius 2 is 1.96 bits per heavy atom. The lowest BCUT2D eigenvalue weighted by Gasteiger charge is -2.11. The van der Waals surface area contributed by atoms with Gasteiger partial charge < -0.3 is 9.47 Å². The molecule has 2 aromatic carbocycles.